The molecule has 1 aromatic heterocycles. The zero-order valence-electron chi connectivity index (χ0n) is 16.3. The van der Waals surface area contributed by atoms with E-state index in [-0.39, 0.29) is 0 Å². The van der Waals surface area contributed by atoms with Crippen LogP contribution in [-0.2, 0) is 6.54 Å². The maximum Gasteiger partial charge on any atom is 0.191 e. The zero-order chi connectivity index (χ0) is 18.1. The van der Waals surface area contributed by atoms with E-state index in [9.17, 15) is 0 Å². The minimum absolute atomic E-state index is 0.751. The Morgan fingerprint density at radius 2 is 2.00 bits per heavy atom. The number of likely N-dealkylation sites (N-methyl/N-ethyl adjacent to an activating group) is 1. The molecular weight excluding hydrogens is 312 g/mol. The summed E-state index contributed by atoms with van der Waals surface area (Å²) in [7, 11) is 3.99. The summed E-state index contributed by atoms with van der Waals surface area (Å²) < 4.78 is 0. The molecule has 0 bridgehead atoms. The van der Waals surface area contributed by atoms with Gasteiger partial charge in [0.25, 0.3) is 0 Å². The molecule has 1 saturated heterocycles. The summed E-state index contributed by atoms with van der Waals surface area (Å²) >= 11 is 0. The number of nitrogens with one attached hydrogen (secondary N) is 2. The molecule has 6 nitrogen and oxygen atoms in total. The van der Waals surface area contributed by atoms with E-state index in [0.29, 0.717) is 0 Å². The Bertz CT molecular complexity index is 534. The Kier molecular flexibility index (Phi) is 7.98. The third-order valence-corrected chi connectivity index (χ3v) is 4.57. The van der Waals surface area contributed by atoms with Gasteiger partial charge in [-0.2, -0.15) is 0 Å². The highest BCUT2D eigenvalue weighted by Crippen LogP contribution is 2.14. The molecule has 140 valence electrons. The van der Waals surface area contributed by atoms with Gasteiger partial charge < -0.3 is 20.4 Å². The molecule has 0 unspecified atom stereocenters. The lowest BCUT2D eigenvalue weighted by Gasteiger charge is -2.33. The summed E-state index contributed by atoms with van der Waals surface area (Å²) in [6.45, 7) is 10.5. The molecule has 1 aromatic rings. The molecule has 0 saturated carbocycles. The molecule has 1 fully saturated rings. The maximum atomic E-state index is 4.55. The van der Waals surface area contributed by atoms with Gasteiger partial charge in [0.15, 0.2) is 5.96 Å². The van der Waals surface area contributed by atoms with Crippen molar-refractivity contribution in [2.45, 2.75) is 33.2 Å². The number of anilines is 1. The van der Waals surface area contributed by atoms with Gasteiger partial charge in [-0.1, -0.05) is 13.8 Å². The van der Waals surface area contributed by atoms with Gasteiger partial charge in [-0.05, 0) is 43.5 Å². The Morgan fingerprint density at radius 1 is 1.24 bits per heavy atom. The highest BCUT2D eigenvalue weighted by molar-refractivity contribution is 5.79. The van der Waals surface area contributed by atoms with Crippen molar-refractivity contribution >= 4 is 11.8 Å². The SMILES string of the molecule is CN=C(NCCCC(C)C)NCc1ccnc(N2CCN(C)CC2)c1. The number of piperazine rings is 1. The minimum atomic E-state index is 0.751. The molecule has 0 radical (unpaired) electrons. The van der Waals surface area contributed by atoms with Crippen LogP contribution in [0.15, 0.2) is 23.3 Å². The third kappa shape index (κ3) is 6.90. The van der Waals surface area contributed by atoms with E-state index in [0.717, 1.165) is 57.0 Å². The van der Waals surface area contributed by atoms with Crippen LogP contribution in [0.5, 0.6) is 0 Å². The molecule has 0 aliphatic carbocycles. The standard InChI is InChI=1S/C19H34N6/c1-16(2)6-5-8-22-19(20-3)23-15-17-7-9-21-18(14-17)25-12-10-24(4)11-13-25/h7,9,14,16H,5-6,8,10-13,15H2,1-4H3,(H2,20,22,23). The molecule has 6 heteroatoms. The summed E-state index contributed by atoms with van der Waals surface area (Å²) in [6.07, 6.45) is 4.31. The monoisotopic (exact) mass is 346 g/mol. The fraction of sp³-hybridized carbons (Fsp3) is 0.684. The lowest BCUT2D eigenvalue weighted by atomic mass is 10.1. The first kappa shape index (κ1) is 19.5. The minimum Gasteiger partial charge on any atom is -0.356 e. The van der Waals surface area contributed by atoms with E-state index in [1.165, 1.54) is 18.4 Å². The lowest BCUT2D eigenvalue weighted by Crippen LogP contribution is -2.44. The number of guanidine groups is 1. The van der Waals surface area contributed by atoms with E-state index in [4.69, 9.17) is 0 Å². The molecule has 0 aromatic carbocycles. The van der Waals surface area contributed by atoms with Crippen molar-refractivity contribution in [2.75, 3.05) is 51.7 Å². The van der Waals surface area contributed by atoms with Crippen LogP contribution in [0, 0.1) is 5.92 Å². The highest BCUT2D eigenvalue weighted by Gasteiger charge is 2.15. The largest absolute Gasteiger partial charge is 0.356 e. The van der Waals surface area contributed by atoms with Crippen LogP contribution in [0.1, 0.15) is 32.3 Å². The van der Waals surface area contributed by atoms with Crippen molar-refractivity contribution in [3.05, 3.63) is 23.9 Å². The van der Waals surface area contributed by atoms with Crippen molar-refractivity contribution in [3.63, 3.8) is 0 Å². The van der Waals surface area contributed by atoms with Crippen LogP contribution in [0.25, 0.3) is 0 Å². The van der Waals surface area contributed by atoms with Gasteiger partial charge in [-0.25, -0.2) is 4.98 Å². The Labute approximate surface area is 152 Å². The van der Waals surface area contributed by atoms with Crippen LogP contribution in [0.2, 0.25) is 0 Å². The number of hydrogen-bond donors (Lipinski definition) is 2. The predicted molar refractivity (Wildman–Crippen MR) is 106 cm³/mol. The van der Waals surface area contributed by atoms with Gasteiger partial charge >= 0.3 is 0 Å². The predicted octanol–water partition coefficient (Wildman–Crippen LogP) is 1.93. The second-order valence-corrected chi connectivity index (χ2v) is 7.20. The number of rotatable bonds is 7. The molecule has 2 N–H and O–H groups in total. The Morgan fingerprint density at radius 3 is 2.68 bits per heavy atom. The van der Waals surface area contributed by atoms with Crippen molar-refractivity contribution in [2.24, 2.45) is 10.9 Å². The topological polar surface area (TPSA) is 55.8 Å². The van der Waals surface area contributed by atoms with Crippen molar-refractivity contribution in [1.82, 2.24) is 20.5 Å². The molecule has 0 spiro atoms. The highest BCUT2D eigenvalue weighted by atomic mass is 15.3. The average Bonchev–Trinajstić information content (AvgIpc) is 2.62. The maximum absolute atomic E-state index is 4.55. The van der Waals surface area contributed by atoms with Gasteiger partial charge in [0.1, 0.15) is 5.82 Å². The van der Waals surface area contributed by atoms with Gasteiger partial charge in [0.05, 0.1) is 0 Å². The van der Waals surface area contributed by atoms with Crippen LogP contribution >= 0.6 is 0 Å². The van der Waals surface area contributed by atoms with Crippen molar-refractivity contribution in [3.8, 4) is 0 Å². The van der Waals surface area contributed by atoms with Crippen LogP contribution in [0.4, 0.5) is 5.82 Å². The van der Waals surface area contributed by atoms with Gasteiger partial charge in [0.2, 0.25) is 0 Å². The van der Waals surface area contributed by atoms with Gasteiger partial charge in [-0.3, -0.25) is 4.99 Å². The molecule has 0 atom stereocenters. The van der Waals surface area contributed by atoms with Crippen LogP contribution in [0.3, 0.4) is 0 Å². The Balaban J connectivity index is 1.80. The fourth-order valence-corrected chi connectivity index (χ4v) is 2.90. The summed E-state index contributed by atoms with van der Waals surface area (Å²) in [5, 5.41) is 6.78. The average molecular weight is 347 g/mol. The molecule has 2 heterocycles. The normalized spacial score (nSPS) is 16.4. The molecular formula is C19H34N6. The molecule has 0 amide bonds. The van der Waals surface area contributed by atoms with E-state index in [2.05, 4.69) is 63.4 Å². The quantitative estimate of drug-likeness (QED) is 0.449. The smallest absolute Gasteiger partial charge is 0.191 e. The number of aromatic nitrogens is 1. The number of aliphatic imine (C=N–C) groups is 1. The Hall–Kier alpha value is -1.82. The lowest BCUT2D eigenvalue weighted by molar-refractivity contribution is 0.312. The number of pyridine rings is 1. The van der Waals surface area contributed by atoms with Gasteiger partial charge in [-0.15, -0.1) is 0 Å². The first-order valence-electron chi connectivity index (χ1n) is 9.41. The summed E-state index contributed by atoms with van der Waals surface area (Å²) in [5.41, 5.74) is 1.23. The van der Waals surface area contributed by atoms with E-state index >= 15 is 0 Å². The van der Waals surface area contributed by atoms with E-state index in [1.807, 2.05) is 13.2 Å². The van der Waals surface area contributed by atoms with E-state index < -0.39 is 0 Å². The number of hydrogen-bond acceptors (Lipinski definition) is 4. The molecule has 1 aliphatic rings. The van der Waals surface area contributed by atoms with Crippen LogP contribution in [-0.4, -0.2) is 62.7 Å². The second kappa shape index (κ2) is 10.2. The van der Waals surface area contributed by atoms with Crippen molar-refractivity contribution < 1.29 is 0 Å². The summed E-state index contributed by atoms with van der Waals surface area (Å²) in [6, 6.07) is 4.25. The zero-order valence-corrected chi connectivity index (χ0v) is 16.3. The molecule has 25 heavy (non-hydrogen) atoms. The van der Waals surface area contributed by atoms with E-state index in [1.54, 1.807) is 0 Å². The van der Waals surface area contributed by atoms with Crippen LogP contribution < -0.4 is 15.5 Å². The first-order chi connectivity index (χ1) is 12.1. The van der Waals surface area contributed by atoms with Crippen molar-refractivity contribution in [1.29, 1.82) is 0 Å². The second-order valence-electron chi connectivity index (χ2n) is 7.20. The third-order valence-electron chi connectivity index (χ3n) is 4.57. The first-order valence-corrected chi connectivity index (χ1v) is 9.41. The summed E-state index contributed by atoms with van der Waals surface area (Å²) in [4.78, 5) is 13.6. The summed E-state index contributed by atoms with van der Waals surface area (Å²) in [5.74, 6) is 2.69. The van der Waals surface area contributed by atoms with Gasteiger partial charge in [0, 0.05) is 52.5 Å². The molecule has 1 aliphatic heterocycles. The number of nitrogens with zero attached hydrogens (tertiary/aromatic N) is 4. The molecule has 2 rings (SSSR count). The fourth-order valence-electron chi connectivity index (χ4n) is 2.90.